The molecule has 2 aromatic carbocycles. The van der Waals surface area contributed by atoms with E-state index < -0.39 is 40.0 Å². The van der Waals surface area contributed by atoms with Crippen molar-refractivity contribution < 1.29 is 22.8 Å². The lowest BCUT2D eigenvalue weighted by atomic mass is 10.1. The second kappa shape index (κ2) is 8.74. The minimum absolute atomic E-state index is 0.0356. The number of rotatable bonds is 6. The molecule has 1 atom stereocenters. The molecule has 9 heteroatoms. The minimum Gasteiger partial charge on any atom is -0.350 e. The van der Waals surface area contributed by atoms with Crippen molar-refractivity contribution in [2.24, 2.45) is 0 Å². The predicted molar refractivity (Wildman–Crippen MR) is 119 cm³/mol. The van der Waals surface area contributed by atoms with E-state index in [9.17, 15) is 22.8 Å². The van der Waals surface area contributed by atoms with Crippen molar-refractivity contribution >= 4 is 27.7 Å². The Kier molecular flexibility index (Phi) is 6.41. The fraction of sp³-hybridized carbons (Fsp3) is 0.348. The van der Waals surface area contributed by atoms with Gasteiger partial charge in [0, 0.05) is 12.1 Å². The van der Waals surface area contributed by atoms with E-state index in [1.54, 1.807) is 13.0 Å². The molecule has 8 nitrogen and oxygen atoms in total. The highest BCUT2D eigenvalue weighted by molar-refractivity contribution is 7.90. The van der Waals surface area contributed by atoms with E-state index in [0.717, 1.165) is 5.56 Å². The summed E-state index contributed by atoms with van der Waals surface area (Å²) < 4.78 is 26.3. The number of fused-ring (bicyclic) bond motifs is 1. The van der Waals surface area contributed by atoms with Gasteiger partial charge < -0.3 is 10.2 Å². The van der Waals surface area contributed by atoms with E-state index >= 15 is 0 Å². The van der Waals surface area contributed by atoms with Crippen molar-refractivity contribution in [3.05, 3.63) is 65.7 Å². The summed E-state index contributed by atoms with van der Waals surface area (Å²) in [5, 5.41) is 2.84. The van der Waals surface area contributed by atoms with Gasteiger partial charge in [-0.15, -0.1) is 0 Å². The average Bonchev–Trinajstić information content (AvgIpc) is 2.92. The lowest BCUT2D eigenvalue weighted by molar-refractivity contribution is -0.141. The summed E-state index contributed by atoms with van der Waals surface area (Å²) in [6, 6.07) is 14.0. The minimum atomic E-state index is -4.14. The Labute approximate surface area is 188 Å². The number of carbonyl (C=O) groups excluding carboxylic acids is 3. The van der Waals surface area contributed by atoms with Gasteiger partial charge in [0.1, 0.15) is 17.5 Å². The van der Waals surface area contributed by atoms with Crippen LogP contribution in [0, 0.1) is 0 Å². The Morgan fingerprint density at radius 3 is 2.22 bits per heavy atom. The van der Waals surface area contributed by atoms with E-state index in [1.165, 1.54) is 23.1 Å². The molecule has 2 aromatic rings. The third kappa shape index (κ3) is 4.83. The largest absolute Gasteiger partial charge is 0.350 e. The second-order valence-corrected chi connectivity index (χ2v) is 10.6. The smallest absolute Gasteiger partial charge is 0.269 e. The Morgan fingerprint density at radius 1 is 1.03 bits per heavy atom. The van der Waals surface area contributed by atoms with Gasteiger partial charge in [-0.25, -0.2) is 12.7 Å². The predicted octanol–water partition coefficient (Wildman–Crippen LogP) is 2.16. The van der Waals surface area contributed by atoms with Crippen LogP contribution in [0.25, 0.3) is 0 Å². The third-order valence-electron chi connectivity index (χ3n) is 5.05. The van der Waals surface area contributed by atoms with Crippen LogP contribution in [-0.4, -0.2) is 53.5 Å². The quantitative estimate of drug-likeness (QED) is 0.716. The van der Waals surface area contributed by atoms with Crippen LogP contribution in [0.4, 0.5) is 0 Å². The van der Waals surface area contributed by atoms with E-state index in [4.69, 9.17) is 0 Å². The van der Waals surface area contributed by atoms with Crippen molar-refractivity contribution in [1.82, 2.24) is 14.5 Å². The Morgan fingerprint density at radius 2 is 1.62 bits per heavy atom. The van der Waals surface area contributed by atoms with Crippen molar-refractivity contribution in [3.8, 4) is 0 Å². The lowest BCUT2D eigenvalue weighted by Gasteiger charge is -2.32. The first kappa shape index (κ1) is 23.5. The van der Waals surface area contributed by atoms with Crippen molar-refractivity contribution in [2.45, 2.75) is 50.7 Å². The summed E-state index contributed by atoms with van der Waals surface area (Å²) >= 11 is 0. The summed E-state index contributed by atoms with van der Waals surface area (Å²) in [6.45, 7) is 6.47. The average molecular weight is 458 g/mol. The number of hydrogen-bond donors (Lipinski definition) is 1. The maximum absolute atomic E-state index is 13.3. The Balaban J connectivity index is 1.89. The molecule has 0 spiro atoms. The molecule has 0 fully saturated rings. The van der Waals surface area contributed by atoms with E-state index in [2.05, 4.69) is 5.32 Å². The first-order chi connectivity index (χ1) is 14.9. The highest BCUT2D eigenvalue weighted by atomic mass is 32.2. The Bertz CT molecular complexity index is 1140. The summed E-state index contributed by atoms with van der Waals surface area (Å²) in [7, 11) is -4.14. The molecule has 1 aliphatic heterocycles. The van der Waals surface area contributed by atoms with Crippen LogP contribution in [0.15, 0.2) is 59.5 Å². The summed E-state index contributed by atoms with van der Waals surface area (Å²) in [5.41, 5.74) is 0.298. The van der Waals surface area contributed by atoms with Gasteiger partial charge in [-0.05, 0) is 45.4 Å². The summed E-state index contributed by atoms with van der Waals surface area (Å²) in [5.74, 6) is -1.77. The van der Waals surface area contributed by atoms with Crippen LogP contribution in [0.2, 0.25) is 0 Å². The fourth-order valence-corrected chi connectivity index (χ4v) is 4.96. The summed E-state index contributed by atoms with van der Waals surface area (Å²) in [6.07, 6.45) is 0. The molecule has 3 amide bonds. The van der Waals surface area contributed by atoms with Crippen molar-refractivity contribution in [1.29, 1.82) is 0 Å². The van der Waals surface area contributed by atoms with Crippen LogP contribution >= 0.6 is 0 Å². The van der Waals surface area contributed by atoms with E-state index in [0.29, 0.717) is 4.31 Å². The Hall–Kier alpha value is -3.20. The van der Waals surface area contributed by atoms with Crippen LogP contribution in [0.3, 0.4) is 0 Å². The topological polar surface area (TPSA) is 104 Å². The number of nitrogens with zero attached hydrogens (tertiary/aromatic N) is 2. The highest BCUT2D eigenvalue weighted by Crippen LogP contribution is 2.30. The molecule has 1 N–H and O–H groups in total. The lowest BCUT2D eigenvalue weighted by Crippen LogP contribution is -2.54. The zero-order chi connectivity index (χ0) is 23.7. The zero-order valence-electron chi connectivity index (χ0n) is 18.5. The van der Waals surface area contributed by atoms with Gasteiger partial charge in [-0.1, -0.05) is 42.5 Å². The number of carbonyl (C=O) groups is 3. The molecule has 0 saturated heterocycles. The van der Waals surface area contributed by atoms with Crippen molar-refractivity contribution in [3.63, 3.8) is 0 Å². The first-order valence-electron chi connectivity index (χ1n) is 10.2. The molecule has 0 bridgehead atoms. The van der Waals surface area contributed by atoms with E-state index in [-0.39, 0.29) is 22.9 Å². The van der Waals surface area contributed by atoms with Gasteiger partial charge in [0.15, 0.2) is 0 Å². The third-order valence-corrected chi connectivity index (χ3v) is 6.84. The maximum Gasteiger partial charge on any atom is 0.269 e. The molecule has 32 heavy (non-hydrogen) atoms. The number of nitrogens with one attached hydrogen (secondary N) is 1. The molecule has 0 aromatic heterocycles. The van der Waals surface area contributed by atoms with Gasteiger partial charge in [-0.3, -0.25) is 14.4 Å². The SMILES string of the molecule is CC(C(=O)NC(C)(C)C)N(Cc1ccccc1)C(=O)CN1C(=O)c2ccccc2S1(=O)=O. The molecule has 1 heterocycles. The van der Waals surface area contributed by atoms with Crippen LogP contribution in [-0.2, 0) is 26.2 Å². The monoisotopic (exact) mass is 457 g/mol. The van der Waals surface area contributed by atoms with Gasteiger partial charge in [0.2, 0.25) is 11.8 Å². The number of sulfonamides is 1. The first-order valence-corrected chi connectivity index (χ1v) is 11.7. The number of hydrogen-bond acceptors (Lipinski definition) is 5. The second-order valence-electron chi connectivity index (χ2n) is 8.74. The van der Waals surface area contributed by atoms with Gasteiger partial charge in [0.25, 0.3) is 15.9 Å². The summed E-state index contributed by atoms with van der Waals surface area (Å²) in [4.78, 5) is 40.0. The van der Waals surface area contributed by atoms with Gasteiger partial charge in [0.05, 0.1) is 5.56 Å². The normalized spacial score (nSPS) is 15.8. The number of amides is 3. The van der Waals surface area contributed by atoms with Crippen LogP contribution in [0.1, 0.15) is 43.6 Å². The van der Waals surface area contributed by atoms with Crippen molar-refractivity contribution in [2.75, 3.05) is 6.54 Å². The molecule has 0 radical (unpaired) electrons. The van der Waals surface area contributed by atoms with Crippen LogP contribution < -0.4 is 5.32 Å². The maximum atomic E-state index is 13.3. The molecule has 1 aliphatic rings. The highest BCUT2D eigenvalue weighted by Gasteiger charge is 2.43. The van der Waals surface area contributed by atoms with E-state index in [1.807, 2.05) is 51.1 Å². The molecule has 0 aliphatic carbocycles. The molecule has 170 valence electrons. The molecular formula is C23H27N3O5S. The fourth-order valence-electron chi connectivity index (χ4n) is 3.44. The van der Waals surface area contributed by atoms with Gasteiger partial charge in [-0.2, -0.15) is 0 Å². The zero-order valence-corrected chi connectivity index (χ0v) is 19.3. The number of benzene rings is 2. The standard InChI is InChI=1S/C23H27N3O5S/c1-16(21(28)24-23(2,3)4)25(14-17-10-6-5-7-11-17)20(27)15-26-22(29)18-12-8-9-13-19(18)32(26,30)31/h5-13,16H,14-15H2,1-4H3,(H,24,28). The molecule has 1 unspecified atom stereocenters. The van der Waals surface area contributed by atoms with Gasteiger partial charge >= 0.3 is 0 Å². The molecule has 3 rings (SSSR count). The molecule has 0 saturated carbocycles. The van der Waals surface area contributed by atoms with Crippen LogP contribution in [0.5, 0.6) is 0 Å². The molecular weight excluding hydrogens is 430 g/mol.